The maximum absolute atomic E-state index is 13.4. The van der Waals surface area contributed by atoms with Gasteiger partial charge in [-0.2, -0.15) is 0 Å². The Morgan fingerprint density at radius 1 is 0.974 bits per heavy atom. The van der Waals surface area contributed by atoms with E-state index in [9.17, 15) is 14.7 Å². The number of rotatable bonds is 11. The smallest absolute Gasteiger partial charge is 0.295 e. The standard InChI is InChI=1S/C29H36N2O7/c1-4-37-23-12-9-21(19-24(23)38-5-2)26-25(27(32)20-7-10-22(35-3)11-8-20)28(33)29(34)31(26)14-6-13-30-15-17-36-18-16-30/h7-12,19,26,32H,4-6,13-18H2,1-3H3/b27-25+/t26-/m1/s1. The number of methoxy groups -OCH3 is 1. The van der Waals surface area contributed by atoms with Gasteiger partial charge in [0.05, 0.1) is 45.2 Å². The van der Waals surface area contributed by atoms with Crippen LogP contribution in [0.4, 0.5) is 0 Å². The number of benzene rings is 2. The SMILES string of the molecule is CCOc1ccc([C@@H]2/C(=C(\O)c3ccc(OC)cc3)C(=O)C(=O)N2CCCN2CCOCC2)cc1OCC. The molecule has 2 aromatic rings. The van der Waals surface area contributed by atoms with Crippen molar-refractivity contribution in [1.82, 2.24) is 9.80 Å². The van der Waals surface area contributed by atoms with E-state index in [0.29, 0.717) is 67.8 Å². The number of aliphatic hydroxyl groups excluding tert-OH is 1. The molecule has 2 aromatic carbocycles. The number of likely N-dealkylation sites (tertiary alicyclic amines) is 1. The fraction of sp³-hybridized carbons (Fsp3) is 0.448. The van der Waals surface area contributed by atoms with E-state index in [0.717, 1.165) is 19.6 Å². The molecule has 2 saturated heterocycles. The highest BCUT2D eigenvalue weighted by molar-refractivity contribution is 6.46. The van der Waals surface area contributed by atoms with Crippen LogP contribution in [-0.4, -0.2) is 86.3 Å². The summed E-state index contributed by atoms with van der Waals surface area (Å²) >= 11 is 0. The van der Waals surface area contributed by atoms with Crippen molar-refractivity contribution in [3.63, 3.8) is 0 Å². The number of hydrogen-bond acceptors (Lipinski definition) is 8. The van der Waals surface area contributed by atoms with Crippen LogP contribution in [-0.2, 0) is 14.3 Å². The minimum atomic E-state index is -0.767. The summed E-state index contributed by atoms with van der Waals surface area (Å²) in [5.74, 6) is 0.168. The molecule has 1 amide bonds. The van der Waals surface area contributed by atoms with Gasteiger partial charge in [0.25, 0.3) is 11.7 Å². The van der Waals surface area contributed by atoms with Crippen molar-refractivity contribution in [3.8, 4) is 17.2 Å². The molecule has 4 rings (SSSR count). The van der Waals surface area contributed by atoms with E-state index in [1.54, 1.807) is 48.4 Å². The van der Waals surface area contributed by atoms with E-state index in [2.05, 4.69) is 4.90 Å². The van der Waals surface area contributed by atoms with E-state index in [1.807, 2.05) is 19.9 Å². The molecule has 0 aliphatic carbocycles. The van der Waals surface area contributed by atoms with Crippen LogP contribution in [0.3, 0.4) is 0 Å². The number of hydrogen-bond donors (Lipinski definition) is 1. The Labute approximate surface area is 223 Å². The third kappa shape index (κ3) is 5.95. The molecule has 2 fully saturated rings. The summed E-state index contributed by atoms with van der Waals surface area (Å²) in [6.45, 7) is 8.88. The Morgan fingerprint density at radius 2 is 1.66 bits per heavy atom. The molecule has 1 N–H and O–H groups in total. The number of ether oxygens (including phenoxy) is 4. The van der Waals surface area contributed by atoms with E-state index in [-0.39, 0.29) is 11.3 Å². The first-order valence-electron chi connectivity index (χ1n) is 13.1. The lowest BCUT2D eigenvalue weighted by molar-refractivity contribution is -0.140. The van der Waals surface area contributed by atoms with Gasteiger partial charge in [-0.05, 0) is 62.2 Å². The summed E-state index contributed by atoms with van der Waals surface area (Å²) in [6, 6.07) is 11.4. The average Bonchev–Trinajstić information content (AvgIpc) is 3.19. The number of ketones is 1. The van der Waals surface area contributed by atoms with Gasteiger partial charge in [0.1, 0.15) is 11.5 Å². The summed E-state index contributed by atoms with van der Waals surface area (Å²) in [4.78, 5) is 30.5. The summed E-state index contributed by atoms with van der Waals surface area (Å²) in [7, 11) is 1.55. The average molecular weight is 525 g/mol. The monoisotopic (exact) mass is 524 g/mol. The topological polar surface area (TPSA) is 97.8 Å². The lowest BCUT2D eigenvalue weighted by Gasteiger charge is -2.29. The summed E-state index contributed by atoms with van der Waals surface area (Å²) in [6.07, 6.45) is 0.682. The molecule has 1 atom stereocenters. The highest BCUT2D eigenvalue weighted by atomic mass is 16.5. The molecule has 38 heavy (non-hydrogen) atoms. The molecule has 2 heterocycles. The number of aliphatic hydroxyl groups is 1. The predicted octanol–water partition coefficient (Wildman–Crippen LogP) is 3.64. The fourth-order valence-corrected chi connectivity index (χ4v) is 4.89. The molecule has 9 heteroatoms. The highest BCUT2D eigenvalue weighted by Gasteiger charge is 2.46. The van der Waals surface area contributed by atoms with Gasteiger partial charge < -0.3 is 29.0 Å². The third-order valence-corrected chi connectivity index (χ3v) is 6.76. The van der Waals surface area contributed by atoms with E-state index >= 15 is 0 Å². The molecule has 9 nitrogen and oxygen atoms in total. The van der Waals surface area contributed by atoms with Gasteiger partial charge in [-0.25, -0.2) is 0 Å². The maximum atomic E-state index is 13.4. The Balaban J connectivity index is 1.72. The Hall–Kier alpha value is -3.56. The molecule has 0 aromatic heterocycles. The van der Waals surface area contributed by atoms with Crippen molar-refractivity contribution >= 4 is 17.4 Å². The normalized spacial score (nSPS) is 19.6. The van der Waals surface area contributed by atoms with Crippen molar-refractivity contribution in [2.24, 2.45) is 0 Å². The van der Waals surface area contributed by atoms with E-state index in [4.69, 9.17) is 18.9 Å². The molecule has 2 aliphatic rings. The van der Waals surface area contributed by atoms with Gasteiger partial charge in [0, 0.05) is 31.7 Å². The van der Waals surface area contributed by atoms with Crippen LogP contribution in [0, 0.1) is 0 Å². The molecule has 0 unspecified atom stereocenters. The second-order valence-corrected chi connectivity index (χ2v) is 9.10. The lowest BCUT2D eigenvalue weighted by atomic mass is 9.95. The Bertz CT molecular complexity index is 1160. The third-order valence-electron chi connectivity index (χ3n) is 6.76. The van der Waals surface area contributed by atoms with Crippen molar-refractivity contribution in [3.05, 3.63) is 59.2 Å². The lowest BCUT2D eigenvalue weighted by Crippen LogP contribution is -2.39. The molecule has 204 valence electrons. The zero-order valence-electron chi connectivity index (χ0n) is 22.3. The van der Waals surface area contributed by atoms with Gasteiger partial charge in [0.2, 0.25) is 0 Å². The largest absolute Gasteiger partial charge is 0.507 e. The molecule has 0 bridgehead atoms. The van der Waals surface area contributed by atoms with Gasteiger partial charge >= 0.3 is 0 Å². The second kappa shape index (κ2) is 12.8. The first kappa shape index (κ1) is 27.5. The Morgan fingerprint density at radius 3 is 2.32 bits per heavy atom. The van der Waals surface area contributed by atoms with Crippen LogP contribution >= 0.6 is 0 Å². The van der Waals surface area contributed by atoms with Crippen LogP contribution in [0.5, 0.6) is 17.2 Å². The summed E-state index contributed by atoms with van der Waals surface area (Å²) < 4.78 is 22.2. The van der Waals surface area contributed by atoms with Crippen LogP contribution in [0.1, 0.15) is 37.4 Å². The number of carbonyl (C=O) groups excluding carboxylic acids is 2. The first-order chi connectivity index (χ1) is 18.5. The fourth-order valence-electron chi connectivity index (χ4n) is 4.89. The Kier molecular flexibility index (Phi) is 9.25. The predicted molar refractivity (Wildman–Crippen MR) is 143 cm³/mol. The van der Waals surface area contributed by atoms with Crippen LogP contribution < -0.4 is 14.2 Å². The molecular formula is C29H36N2O7. The van der Waals surface area contributed by atoms with Gasteiger partial charge in [-0.1, -0.05) is 6.07 Å². The summed E-state index contributed by atoms with van der Waals surface area (Å²) in [5.41, 5.74) is 1.15. The minimum absolute atomic E-state index is 0.0538. The van der Waals surface area contributed by atoms with Gasteiger partial charge in [0.15, 0.2) is 11.5 Å². The summed E-state index contributed by atoms with van der Waals surface area (Å²) in [5, 5.41) is 11.3. The highest BCUT2D eigenvalue weighted by Crippen LogP contribution is 2.42. The van der Waals surface area contributed by atoms with E-state index in [1.165, 1.54) is 0 Å². The van der Waals surface area contributed by atoms with Crippen LogP contribution in [0.25, 0.3) is 5.76 Å². The molecule has 2 aliphatic heterocycles. The zero-order chi connectivity index (χ0) is 27.1. The van der Waals surface area contributed by atoms with Crippen molar-refractivity contribution in [1.29, 1.82) is 0 Å². The molecule has 0 radical (unpaired) electrons. The van der Waals surface area contributed by atoms with Gasteiger partial charge in [-0.15, -0.1) is 0 Å². The maximum Gasteiger partial charge on any atom is 0.295 e. The zero-order valence-corrected chi connectivity index (χ0v) is 22.3. The van der Waals surface area contributed by atoms with Crippen LogP contribution in [0.2, 0.25) is 0 Å². The van der Waals surface area contributed by atoms with Gasteiger partial charge in [-0.3, -0.25) is 14.5 Å². The van der Waals surface area contributed by atoms with Crippen LogP contribution in [0.15, 0.2) is 48.0 Å². The number of morpholine rings is 1. The number of nitrogens with zero attached hydrogens (tertiary/aromatic N) is 2. The first-order valence-corrected chi connectivity index (χ1v) is 13.1. The quantitative estimate of drug-likeness (QED) is 0.270. The number of carbonyl (C=O) groups is 2. The molecule has 0 saturated carbocycles. The molecular weight excluding hydrogens is 488 g/mol. The van der Waals surface area contributed by atoms with Crippen molar-refractivity contribution in [2.45, 2.75) is 26.3 Å². The number of Topliss-reactive ketones (excluding diaryl/α,β-unsaturated/α-hetero) is 1. The molecule has 0 spiro atoms. The second-order valence-electron chi connectivity index (χ2n) is 9.10. The number of amides is 1. The van der Waals surface area contributed by atoms with E-state index < -0.39 is 17.7 Å². The van der Waals surface area contributed by atoms with Crippen molar-refractivity contribution in [2.75, 3.05) is 59.7 Å². The van der Waals surface area contributed by atoms with Crippen molar-refractivity contribution < 1.29 is 33.6 Å². The minimum Gasteiger partial charge on any atom is -0.507 e.